The minimum absolute atomic E-state index is 0.0296. The largest absolute Gasteiger partial charge is 0.493 e. The number of carbonyl (C=O) groups is 8. The van der Waals surface area contributed by atoms with Crippen LogP contribution in [0, 0.1) is 21.7 Å². The third-order valence-corrected chi connectivity index (χ3v) is 17.7. The van der Waals surface area contributed by atoms with Crippen molar-refractivity contribution >= 4 is 92.8 Å². The zero-order valence-electron chi connectivity index (χ0n) is 65.2. The van der Waals surface area contributed by atoms with Crippen molar-refractivity contribution in [2.75, 3.05) is 69.0 Å². The molecule has 0 aliphatic heterocycles. The molecule has 0 aromatic heterocycles. The van der Waals surface area contributed by atoms with Gasteiger partial charge in [-0.25, -0.2) is 0 Å². The lowest BCUT2D eigenvalue weighted by Gasteiger charge is -2.25. The van der Waals surface area contributed by atoms with Crippen LogP contribution in [-0.2, 0) is 44.9 Å². The Labute approximate surface area is 635 Å². The summed E-state index contributed by atoms with van der Waals surface area (Å²) in [4.78, 5) is 113. The number of ether oxygens (including phenoxy) is 4. The topological polar surface area (TPSA) is 270 Å². The molecule has 8 aromatic rings. The van der Waals surface area contributed by atoms with Gasteiger partial charge in [0.1, 0.15) is 23.0 Å². The van der Waals surface area contributed by atoms with Gasteiger partial charge in [-0.2, -0.15) is 0 Å². The molecule has 0 fully saturated rings. The van der Waals surface area contributed by atoms with E-state index >= 15 is 19.2 Å². The average Bonchev–Trinajstić information content (AvgIpc) is 0.765. The van der Waals surface area contributed by atoms with Crippen LogP contribution in [0.25, 0.3) is 0 Å². The van der Waals surface area contributed by atoms with E-state index < -0.39 is 45.3 Å². The molecule has 108 heavy (non-hydrogen) atoms. The quantitative estimate of drug-likeness (QED) is 0.0281. The molecular weight excluding hydrogens is 1360 g/mol. The molecule has 8 aromatic carbocycles. The lowest BCUT2D eigenvalue weighted by Crippen LogP contribution is -2.27. The van der Waals surface area contributed by atoms with Gasteiger partial charge in [0.2, 0.25) is 23.6 Å². The van der Waals surface area contributed by atoms with E-state index in [1.165, 1.54) is 0 Å². The first-order chi connectivity index (χ1) is 51.1. The lowest BCUT2D eigenvalue weighted by atomic mass is 9.88. The maximum atomic E-state index is 15.3. The molecule has 0 saturated heterocycles. The van der Waals surface area contributed by atoms with Crippen molar-refractivity contribution in [3.8, 4) is 23.0 Å². The molecule has 0 unspecified atom stereocenters. The molecule has 0 saturated carbocycles. The van der Waals surface area contributed by atoms with Crippen LogP contribution in [0.5, 0.6) is 23.0 Å². The van der Waals surface area contributed by atoms with Crippen LogP contribution in [0.4, 0.5) is 45.5 Å². The number of fused-ring (bicyclic) bond motifs is 8. The molecule has 9 rings (SSSR count). The molecule has 8 N–H and O–H groups in total. The Morgan fingerprint density at radius 1 is 0.250 bits per heavy atom. The van der Waals surface area contributed by atoms with Crippen LogP contribution < -0.4 is 61.5 Å². The van der Waals surface area contributed by atoms with Gasteiger partial charge in [0.25, 0.3) is 23.6 Å². The number of hydrogen-bond donors (Lipinski definition) is 8. The second kappa shape index (κ2) is 35.0. The molecule has 20 nitrogen and oxygen atoms in total. The van der Waals surface area contributed by atoms with E-state index in [2.05, 4.69) is 42.5 Å². The zero-order valence-corrected chi connectivity index (χ0v) is 65.2. The van der Waals surface area contributed by atoms with E-state index in [9.17, 15) is 19.2 Å². The molecule has 1 aliphatic carbocycles. The van der Waals surface area contributed by atoms with Crippen molar-refractivity contribution in [2.24, 2.45) is 21.7 Å². The van der Waals surface area contributed by atoms with Crippen LogP contribution >= 0.6 is 0 Å². The van der Waals surface area contributed by atoms with Crippen molar-refractivity contribution < 1.29 is 57.3 Å². The summed E-state index contributed by atoms with van der Waals surface area (Å²) in [6, 6.07) is 41.7. The van der Waals surface area contributed by atoms with Crippen LogP contribution in [-0.4, -0.2) is 73.7 Å². The van der Waals surface area contributed by atoms with Crippen molar-refractivity contribution in [1.82, 2.24) is 0 Å². The van der Waals surface area contributed by atoms with Crippen molar-refractivity contribution in [2.45, 2.75) is 162 Å². The second-order valence-electron chi connectivity index (χ2n) is 31.5. The van der Waals surface area contributed by atoms with E-state index in [4.69, 9.17) is 18.9 Å². The minimum atomic E-state index is -0.656. The molecule has 8 amide bonds. The number of anilines is 8. The first kappa shape index (κ1) is 80.8. The Bertz CT molecular complexity index is 3950. The minimum Gasteiger partial charge on any atom is -0.493 e. The fraction of sp³-hybridized carbons (Fsp3) is 0.364. The summed E-state index contributed by atoms with van der Waals surface area (Å²) >= 11 is 0. The summed E-state index contributed by atoms with van der Waals surface area (Å²) in [5, 5.41) is 24.2. The Kier molecular flexibility index (Phi) is 26.2. The maximum absolute atomic E-state index is 15.3. The molecule has 1 aliphatic rings. The standard InChI is InChI=1S/C88H104N8O12/c1-17-37-105-73-53-41-55-47-62(78(98)90-66-23-31-70(32-24-66)94-82(102)86(8,9)10)49-57(74(55)106-38-18-2)43-59-51-64(80(100)92-68-27-35-72(36-28-68)96-84(104)88(14,15)16)52-60(76(59)108-40-20-4)44-58-50-63(79(99)91-67-25-33-71(34-26-67)95-83(103)87(11,12)13)48-56(75(58)107-39-19-3)42-54(73)46-61(45-53)77(97)89-65-21-29-69(30-22-65)93-81(101)85(5,6)7/h21-36,45-52H,17-20,37-44H2,1-16H3,(H,89,97)(H,90,98)(H,91,99)(H,92,100)(H,93,101)(H,94,102)(H,95,103)(H,96,104). The van der Waals surface area contributed by atoms with Crippen molar-refractivity contribution in [3.05, 3.63) is 212 Å². The van der Waals surface area contributed by atoms with Crippen molar-refractivity contribution in [1.29, 1.82) is 0 Å². The van der Waals surface area contributed by atoms with E-state index in [0.29, 0.717) is 139 Å². The average molecular weight is 1470 g/mol. The second-order valence-corrected chi connectivity index (χ2v) is 31.5. The van der Waals surface area contributed by atoms with Crippen LogP contribution in [0.15, 0.2) is 146 Å². The number of carbonyl (C=O) groups excluding carboxylic acids is 8. The van der Waals surface area contributed by atoms with E-state index in [1.54, 1.807) is 146 Å². The predicted octanol–water partition coefficient (Wildman–Crippen LogP) is 18.5. The third kappa shape index (κ3) is 21.5. The molecule has 0 heterocycles. The molecule has 568 valence electrons. The van der Waals surface area contributed by atoms with Gasteiger partial charge in [-0.05, 0) is 216 Å². The Balaban J connectivity index is 1.30. The molecule has 8 bridgehead atoms. The fourth-order valence-electron chi connectivity index (χ4n) is 11.6. The monoisotopic (exact) mass is 1460 g/mol. The molecular formula is C88H104N8O12. The number of amides is 8. The number of hydrogen-bond acceptors (Lipinski definition) is 12. The number of benzene rings is 8. The normalized spacial score (nSPS) is 12.1. The Hall–Kier alpha value is -11.3. The Morgan fingerprint density at radius 2 is 0.389 bits per heavy atom. The SMILES string of the molecule is CCCOc1c2cc(C(=O)Nc3ccc(NC(=O)C(C)(C)C)cc3)cc1Cc1cc(C(=O)Nc3ccc(NC(=O)C(C)(C)C)cc3)cc(c1OCCC)Cc1cc(C(=O)Nc3ccc(NC(=O)C(C)(C)C)cc3)cc(c1OCCC)Cc1cc(C(=O)Nc3ccc(NC(=O)C(C)(C)C)cc3)cc(c1OCCC)C2. The van der Waals surface area contributed by atoms with Gasteiger partial charge in [0, 0.05) is 115 Å². The van der Waals surface area contributed by atoms with Gasteiger partial charge < -0.3 is 61.5 Å². The van der Waals surface area contributed by atoms with E-state index in [1.807, 2.05) is 111 Å². The predicted molar refractivity (Wildman–Crippen MR) is 430 cm³/mol. The zero-order chi connectivity index (χ0) is 78.4. The Morgan fingerprint density at radius 3 is 0.519 bits per heavy atom. The molecule has 0 spiro atoms. The van der Waals surface area contributed by atoms with E-state index in [0.717, 1.165) is 0 Å². The fourth-order valence-corrected chi connectivity index (χ4v) is 11.6. The summed E-state index contributed by atoms with van der Waals surface area (Å²) in [5.41, 5.74) is 6.81. The first-order valence-corrected chi connectivity index (χ1v) is 37.2. The summed E-state index contributed by atoms with van der Waals surface area (Å²) in [6.45, 7) is 30.9. The van der Waals surface area contributed by atoms with Crippen molar-refractivity contribution in [3.63, 3.8) is 0 Å². The highest BCUT2D eigenvalue weighted by atomic mass is 16.5. The molecule has 20 heteroatoms. The first-order valence-electron chi connectivity index (χ1n) is 37.2. The summed E-state index contributed by atoms with van der Waals surface area (Å²) in [5.74, 6) is -0.777. The van der Waals surface area contributed by atoms with E-state index in [-0.39, 0.29) is 98.0 Å². The molecule has 0 radical (unpaired) electrons. The summed E-state index contributed by atoms with van der Waals surface area (Å²) in [6.07, 6.45) is 2.51. The summed E-state index contributed by atoms with van der Waals surface area (Å²) < 4.78 is 27.8. The van der Waals surface area contributed by atoms with Gasteiger partial charge in [-0.3, -0.25) is 38.4 Å². The van der Waals surface area contributed by atoms with Crippen LogP contribution in [0.2, 0.25) is 0 Å². The van der Waals surface area contributed by atoms with Crippen LogP contribution in [0.1, 0.15) is 222 Å². The van der Waals surface area contributed by atoms with Gasteiger partial charge in [-0.1, -0.05) is 111 Å². The number of rotatable bonds is 24. The maximum Gasteiger partial charge on any atom is 0.255 e. The van der Waals surface area contributed by atoms with Gasteiger partial charge in [0.15, 0.2) is 0 Å². The highest BCUT2D eigenvalue weighted by Gasteiger charge is 2.30. The smallest absolute Gasteiger partial charge is 0.255 e. The highest BCUT2D eigenvalue weighted by molar-refractivity contribution is 6.08. The van der Waals surface area contributed by atoms with Crippen LogP contribution in [0.3, 0.4) is 0 Å². The van der Waals surface area contributed by atoms with Gasteiger partial charge >= 0.3 is 0 Å². The molecule has 0 atom stereocenters. The van der Waals surface area contributed by atoms with Gasteiger partial charge in [0.05, 0.1) is 26.4 Å². The summed E-state index contributed by atoms with van der Waals surface area (Å²) in [7, 11) is 0. The lowest BCUT2D eigenvalue weighted by molar-refractivity contribution is -0.123. The highest BCUT2D eigenvalue weighted by Crippen LogP contribution is 2.42. The number of nitrogens with one attached hydrogen (secondary N) is 8. The van der Waals surface area contributed by atoms with Gasteiger partial charge in [-0.15, -0.1) is 0 Å². The third-order valence-electron chi connectivity index (χ3n) is 17.7.